The van der Waals surface area contributed by atoms with E-state index in [0.29, 0.717) is 39.8 Å². The van der Waals surface area contributed by atoms with Gasteiger partial charge >= 0.3 is 6.03 Å². The molecule has 2 N–H and O–H groups in total. The maximum atomic E-state index is 16.4. The molecule has 3 aliphatic rings. The minimum absolute atomic E-state index is 0.149. The Kier molecular flexibility index (Phi) is 5.74. The Hall–Kier alpha value is -4.12. The van der Waals surface area contributed by atoms with Crippen molar-refractivity contribution < 1.29 is 18.7 Å². The van der Waals surface area contributed by atoms with Crippen LogP contribution < -0.4 is 15.8 Å². The highest BCUT2D eigenvalue weighted by Crippen LogP contribution is 2.56. The van der Waals surface area contributed by atoms with Crippen molar-refractivity contribution in [1.29, 1.82) is 0 Å². The number of benzene rings is 2. The first kappa shape index (κ1) is 24.9. The van der Waals surface area contributed by atoms with E-state index in [1.807, 2.05) is 18.2 Å². The molecule has 3 amide bonds. The van der Waals surface area contributed by atoms with Crippen molar-refractivity contribution in [2.45, 2.75) is 56.0 Å². The van der Waals surface area contributed by atoms with E-state index in [9.17, 15) is 14.4 Å². The van der Waals surface area contributed by atoms with E-state index in [0.717, 1.165) is 37.7 Å². The van der Waals surface area contributed by atoms with Gasteiger partial charge in [0, 0.05) is 37.2 Å². The summed E-state index contributed by atoms with van der Waals surface area (Å²) >= 11 is 0. The van der Waals surface area contributed by atoms with E-state index in [-0.39, 0.29) is 36.3 Å². The van der Waals surface area contributed by atoms with Gasteiger partial charge in [-0.25, -0.2) is 14.2 Å². The van der Waals surface area contributed by atoms with E-state index in [2.05, 4.69) is 20.4 Å². The molecule has 4 heterocycles. The number of hydrogen-bond acceptors (Lipinski definition) is 6. The van der Waals surface area contributed by atoms with Crippen LogP contribution in [0.5, 0.6) is 0 Å². The lowest BCUT2D eigenvalue weighted by atomic mass is 9.68. The molecule has 2 aromatic carbocycles. The molecule has 11 heteroatoms. The molecule has 0 radical (unpaired) electrons. The zero-order valence-electron chi connectivity index (χ0n) is 22.1. The first-order valence-corrected chi connectivity index (χ1v) is 13.7. The summed E-state index contributed by atoms with van der Waals surface area (Å²) in [7, 11) is 1.76. The Morgan fingerprint density at radius 1 is 1.07 bits per heavy atom. The van der Waals surface area contributed by atoms with Crippen molar-refractivity contribution in [3.8, 4) is 0 Å². The third-order valence-corrected chi connectivity index (χ3v) is 8.91. The zero-order valence-corrected chi connectivity index (χ0v) is 22.1. The molecule has 2 aliphatic heterocycles. The lowest BCUT2D eigenvalue weighted by Gasteiger charge is -2.39. The quantitative estimate of drug-likeness (QED) is 0.402. The van der Waals surface area contributed by atoms with Gasteiger partial charge in [0.2, 0.25) is 5.91 Å². The fourth-order valence-corrected chi connectivity index (χ4v) is 7.08. The minimum Gasteiger partial charge on any atom is -0.374 e. The van der Waals surface area contributed by atoms with Crippen LogP contribution in [0, 0.1) is 5.82 Å². The predicted octanol–water partition coefficient (Wildman–Crippen LogP) is 4.00. The summed E-state index contributed by atoms with van der Waals surface area (Å²) in [6.45, 7) is 0.573. The minimum atomic E-state index is -0.565. The summed E-state index contributed by atoms with van der Waals surface area (Å²) in [6.07, 6.45) is 6.31. The zero-order chi connectivity index (χ0) is 27.6. The lowest BCUT2D eigenvalue weighted by Crippen LogP contribution is -2.49. The van der Waals surface area contributed by atoms with Gasteiger partial charge in [0.25, 0.3) is 5.56 Å². The van der Waals surface area contributed by atoms with Crippen LogP contribution in [0.2, 0.25) is 0 Å². The topological polar surface area (TPSA) is 122 Å². The monoisotopic (exact) mass is 544 g/mol. The summed E-state index contributed by atoms with van der Waals surface area (Å²) in [5, 5.41) is 7.86. The Bertz CT molecular complexity index is 1740. The maximum Gasteiger partial charge on any atom is 0.329 e. The molecule has 1 unspecified atom stereocenters. The molecule has 2 saturated heterocycles. The molecule has 40 heavy (non-hydrogen) atoms. The van der Waals surface area contributed by atoms with Gasteiger partial charge in [-0.1, -0.05) is 31.4 Å². The summed E-state index contributed by atoms with van der Waals surface area (Å²) < 4.78 is 24.6. The van der Waals surface area contributed by atoms with Gasteiger partial charge in [-0.05, 0) is 42.2 Å². The number of fused-ring (bicyclic) bond motifs is 2. The van der Waals surface area contributed by atoms with Crippen molar-refractivity contribution in [2.24, 2.45) is 7.05 Å². The number of imide groups is 1. The molecular weight excluding hydrogens is 515 g/mol. The highest BCUT2D eigenvalue weighted by Gasteiger charge is 2.52. The van der Waals surface area contributed by atoms with Crippen LogP contribution in [0.1, 0.15) is 61.5 Å². The van der Waals surface area contributed by atoms with Crippen molar-refractivity contribution in [1.82, 2.24) is 25.1 Å². The lowest BCUT2D eigenvalue weighted by molar-refractivity contribution is -0.120. The Morgan fingerprint density at radius 2 is 1.90 bits per heavy atom. The van der Waals surface area contributed by atoms with Gasteiger partial charge in [-0.3, -0.25) is 24.5 Å². The molecular formula is C29H29FN6O4. The smallest absolute Gasteiger partial charge is 0.329 e. The molecule has 2 atom stereocenters. The first-order chi connectivity index (χ1) is 19.4. The first-order valence-electron chi connectivity index (χ1n) is 13.7. The number of aromatic amines is 1. The molecule has 1 spiro atoms. The molecule has 7 rings (SSSR count). The third kappa shape index (κ3) is 3.75. The predicted molar refractivity (Wildman–Crippen MR) is 146 cm³/mol. The summed E-state index contributed by atoms with van der Waals surface area (Å²) in [5.41, 5.74) is 1.94. The van der Waals surface area contributed by atoms with E-state index >= 15 is 4.39 Å². The molecule has 206 valence electrons. The average Bonchev–Trinajstić information content (AvgIpc) is 3.45. The number of amides is 3. The number of anilines is 1. The summed E-state index contributed by atoms with van der Waals surface area (Å²) in [6, 6.07) is 8.28. The fourth-order valence-electron chi connectivity index (χ4n) is 7.08. The highest BCUT2D eigenvalue weighted by molar-refractivity contribution is 6.08. The number of carbonyl (C=O) groups excluding carboxylic acids is 2. The molecule has 1 saturated carbocycles. The van der Waals surface area contributed by atoms with Crippen LogP contribution in [0.4, 0.5) is 15.0 Å². The second kappa shape index (κ2) is 9.22. The molecule has 10 nitrogen and oxygen atoms in total. The second-order valence-electron chi connectivity index (χ2n) is 11.1. The van der Waals surface area contributed by atoms with Crippen LogP contribution >= 0.6 is 0 Å². The fraction of sp³-hybridized carbons (Fsp3) is 0.414. The maximum absolute atomic E-state index is 16.4. The van der Waals surface area contributed by atoms with Gasteiger partial charge in [-0.15, -0.1) is 0 Å². The average molecular weight is 545 g/mol. The Morgan fingerprint density at radius 3 is 2.70 bits per heavy atom. The van der Waals surface area contributed by atoms with Gasteiger partial charge in [0.05, 0.1) is 35.0 Å². The van der Waals surface area contributed by atoms with Gasteiger partial charge in [0.1, 0.15) is 5.82 Å². The second-order valence-corrected chi connectivity index (χ2v) is 11.1. The standard InChI is InChI=1S/C29H29FN6O4/c1-35-22-13-18(21(30)12-19(22)26(34-35)36-11-8-23(37)33-28(36)39)24-20(14-40-29(24)9-3-2-4-10-29)16-6-5-7-17-25(16)31-15-32-27(17)38/h5-7,12-13,15,20,24H,2-4,8-11,14H2,1H3,(H,31,32,38)(H,33,37,39)/t20-,24?/m0/s1. The van der Waals surface area contributed by atoms with Crippen molar-refractivity contribution in [3.05, 3.63) is 64.0 Å². The highest BCUT2D eigenvalue weighted by atomic mass is 19.1. The van der Waals surface area contributed by atoms with Crippen LogP contribution in [-0.4, -0.2) is 50.4 Å². The van der Waals surface area contributed by atoms with Crippen LogP contribution in [0.15, 0.2) is 41.5 Å². The molecule has 1 aliphatic carbocycles. The summed E-state index contributed by atoms with van der Waals surface area (Å²) in [4.78, 5) is 45.3. The van der Waals surface area contributed by atoms with Crippen LogP contribution in [-0.2, 0) is 16.6 Å². The molecule has 3 fully saturated rings. The van der Waals surface area contributed by atoms with Gasteiger partial charge in [0.15, 0.2) is 5.82 Å². The number of aryl methyl sites for hydroxylation is 1. The number of aromatic nitrogens is 4. The van der Waals surface area contributed by atoms with E-state index in [1.54, 1.807) is 17.8 Å². The van der Waals surface area contributed by atoms with E-state index in [1.165, 1.54) is 17.3 Å². The number of urea groups is 1. The normalized spacial score (nSPS) is 22.9. The number of halogens is 1. The van der Waals surface area contributed by atoms with Crippen LogP contribution in [0.25, 0.3) is 21.8 Å². The SMILES string of the molecule is Cn1nc(N2CCC(=O)NC2=O)c2cc(F)c(C3[C@H](c4cccc5c(=O)[nH]cnc45)COC34CCCCC4)cc21. The Balaban J connectivity index is 1.39. The van der Waals surface area contributed by atoms with Crippen molar-refractivity contribution in [2.75, 3.05) is 18.1 Å². The number of ether oxygens (including phenoxy) is 1. The van der Waals surface area contributed by atoms with Crippen LogP contribution in [0.3, 0.4) is 0 Å². The number of nitrogens with zero attached hydrogens (tertiary/aromatic N) is 4. The van der Waals surface area contributed by atoms with Crippen molar-refractivity contribution in [3.63, 3.8) is 0 Å². The third-order valence-electron chi connectivity index (χ3n) is 8.91. The van der Waals surface area contributed by atoms with E-state index in [4.69, 9.17) is 4.74 Å². The number of rotatable bonds is 3. The van der Waals surface area contributed by atoms with E-state index < -0.39 is 17.4 Å². The number of para-hydroxylation sites is 1. The number of carbonyl (C=O) groups is 2. The van der Waals surface area contributed by atoms with Crippen molar-refractivity contribution >= 4 is 39.6 Å². The van der Waals surface area contributed by atoms with Gasteiger partial charge < -0.3 is 9.72 Å². The number of hydrogen-bond donors (Lipinski definition) is 2. The molecule has 4 aromatic rings. The largest absolute Gasteiger partial charge is 0.374 e. The number of nitrogens with one attached hydrogen (secondary N) is 2. The summed E-state index contributed by atoms with van der Waals surface area (Å²) in [5.74, 6) is -0.943. The number of H-pyrrole nitrogens is 1. The Labute approximate surface area is 228 Å². The van der Waals surface area contributed by atoms with Gasteiger partial charge in [-0.2, -0.15) is 5.10 Å². The molecule has 0 bridgehead atoms. The molecule has 2 aromatic heterocycles.